The summed E-state index contributed by atoms with van der Waals surface area (Å²) in [4.78, 5) is 10.8. The van der Waals surface area contributed by atoms with E-state index in [1.165, 1.54) is 0 Å². The first kappa shape index (κ1) is 15.1. The molecular weight excluding hydrogens is 277 g/mol. The summed E-state index contributed by atoms with van der Waals surface area (Å²) < 4.78 is 4.91. The van der Waals surface area contributed by atoms with Crippen LogP contribution in [0.25, 0.3) is 0 Å². The average Bonchev–Trinajstić information content (AvgIpc) is 2.24. The molecule has 1 unspecified atom stereocenters. The number of hydrogen-bond donors (Lipinski definition) is 2. The number of ether oxygens (including phenoxy) is 1. The summed E-state index contributed by atoms with van der Waals surface area (Å²) in [5.74, 6) is -0.139. The maximum absolute atomic E-state index is 10.8. The molecule has 0 bridgehead atoms. The second-order valence-corrected chi connectivity index (χ2v) is 5.04. The molecule has 0 aliphatic heterocycles. The van der Waals surface area contributed by atoms with Crippen LogP contribution in [0, 0.1) is 5.92 Å². The van der Waals surface area contributed by atoms with Crippen LogP contribution in [0.2, 0.25) is 10.0 Å². The molecule has 3 N–H and O–H groups in total. The van der Waals surface area contributed by atoms with Gasteiger partial charge in [-0.05, 0) is 18.1 Å². The third-order valence-corrected chi connectivity index (χ3v) is 3.18. The number of primary amides is 1. The fourth-order valence-corrected chi connectivity index (χ4v) is 2.28. The lowest BCUT2D eigenvalue weighted by Gasteiger charge is -2.26. The normalized spacial score (nSPS) is 14.3. The number of amides is 1. The van der Waals surface area contributed by atoms with E-state index in [-0.39, 0.29) is 5.92 Å². The van der Waals surface area contributed by atoms with Gasteiger partial charge in [0.05, 0.1) is 0 Å². The molecule has 1 amide bonds. The molecule has 4 nitrogen and oxygen atoms in total. The van der Waals surface area contributed by atoms with E-state index in [1.54, 1.807) is 32.0 Å². The average molecular weight is 292 g/mol. The summed E-state index contributed by atoms with van der Waals surface area (Å²) in [6.07, 6.45) is -2.88. The lowest BCUT2D eigenvalue weighted by Crippen LogP contribution is -2.32. The number of benzene rings is 1. The van der Waals surface area contributed by atoms with E-state index in [2.05, 4.69) is 0 Å². The Morgan fingerprint density at radius 2 is 1.83 bits per heavy atom. The molecule has 6 heteroatoms. The summed E-state index contributed by atoms with van der Waals surface area (Å²) in [5.41, 5.74) is 5.32. The van der Waals surface area contributed by atoms with Gasteiger partial charge in [0.2, 0.25) is 0 Å². The van der Waals surface area contributed by atoms with E-state index in [0.717, 1.165) is 0 Å². The molecule has 0 spiro atoms. The molecule has 0 saturated heterocycles. The minimum absolute atomic E-state index is 0.139. The standard InChI is InChI=1S/C12H15Cl2NO3/c1-6(2)11(18-12(15)17)10(16)9-7(13)4-3-5-8(9)14/h3-6,10-11,16H,1-2H3,(H2,15,17)/t10-,11?/m1/s1. The predicted molar refractivity (Wildman–Crippen MR) is 70.7 cm³/mol. The van der Waals surface area contributed by atoms with Gasteiger partial charge < -0.3 is 15.6 Å². The number of halogens is 2. The summed E-state index contributed by atoms with van der Waals surface area (Å²) in [7, 11) is 0. The van der Waals surface area contributed by atoms with E-state index in [0.29, 0.717) is 15.6 Å². The van der Waals surface area contributed by atoms with Gasteiger partial charge in [0.25, 0.3) is 0 Å². The maximum Gasteiger partial charge on any atom is 0.404 e. The zero-order chi connectivity index (χ0) is 13.9. The van der Waals surface area contributed by atoms with Gasteiger partial charge in [-0.15, -0.1) is 0 Å². The monoisotopic (exact) mass is 291 g/mol. The Labute approximate surface area is 116 Å². The van der Waals surface area contributed by atoms with Crippen LogP contribution in [-0.2, 0) is 4.74 Å². The van der Waals surface area contributed by atoms with Gasteiger partial charge >= 0.3 is 6.09 Å². The van der Waals surface area contributed by atoms with Crippen molar-refractivity contribution < 1.29 is 14.6 Å². The minimum atomic E-state index is -1.13. The van der Waals surface area contributed by atoms with Gasteiger partial charge in [0.1, 0.15) is 12.2 Å². The van der Waals surface area contributed by atoms with Crippen molar-refractivity contribution in [1.82, 2.24) is 0 Å². The number of carbonyl (C=O) groups excluding carboxylic acids is 1. The molecule has 0 fully saturated rings. The SMILES string of the molecule is CC(C)C(OC(N)=O)[C@H](O)c1c(Cl)cccc1Cl. The van der Waals surface area contributed by atoms with Gasteiger partial charge in [0, 0.05) is 15.6 Å². The Morgan fingerprint density at radius 1 is 1.33 bits per heavy atom. The molecule has 1 rings (SSSR count). The number of carbonyl (C=O) groups is 1. The molecule has 2 atom stereocenters. The molecule has 100 valence electrons. The van der Waals surface area contributed by atoms with Crippen LogP contribution >= 0.6 is 23.2 Å². The first-order valence-electron chi connectivity index (χ1n) is 5.42. The molecule has 0 aliphatic rings. The van der Waals surface area contributed by atoms with Gasteiger partial charge in [-0.3, -0.25) is 0 Å². The van der Waals surface area contributed by atoms with Crippen LogP contribution in [0.4, 0.5) is 4.79 Å². The third kappa shape index (κ3) is 3.51. The Hall–Kier alpha value is -0.970. The zero-order valence-electron chi connectivity index (χ0n) is 10.1. The maximum atomic E-state index is 10.8. The number of aliphatic hydroxyl groups excluding tert-OH is 1. The number of nitrogens with two attached hydrogens (primary N) is 1. The van der Waals surface area contributed by atoms with Gasteiger partial charge in [0.15, 0.2) is 0 Å². The first-order valence-corrected chi connectivity index (χ1v) is 6.18. The predicted octanol–water partition coefficient (Wildman–Crippen LogP) is 3.15. The quantitative estimate of drug-likeness (QED) is 0.895. The topological polar surface area (TPSA) is 72.5 Å². The van der Waals surface area contributed by atoms with Crippen molar-refractivity contribution in [3.8, 4) is 0 Å². The summed E-state index contributed by atoms with van der Waals surface area (Å²) in [6, 6.07) is 4.88. The van der Waals surface area contributed by atoms with Crippen LogP contribution in [0.1, 0.15) is 25.5 Å². The van der Waals surface area contributed by atoms with Crippen LogP contribution in [0.5, 0.6) is 0 Å². The molecule has 0 heterocycles. The van der Waals surface area contributed by atoms with E-state index >= 15 is 0 Å². The Kier molecular flexibility index (Phi) is 5.26. The second-order valence-electron chi connectivity index (χ2n) is 4.23. The summed E-state index contributed by atoms with van der Waals surface area (Å²) >= 11 is 12.0. The molecular formula is C12H15Cl2NO3. The molecule has 18 heavy (non-hydrogen) atoms. The molecule has 0 aliphatic carbocycles. The van der Waals surface area contributed by atoms with E-state index in [1.807, 2.05) is 0 Å². The molecule has 0 aromatic heterocycles. The van der Waals surface area contributed by atoms with Crippen molar-refractivity contribution in [2.75, 3.05) is 0 Å². The highest BCUT2D eigenvalue weighted by Gasteiger charge is 2.30. The Bertz CT molecular complexity index is 417. The molecule has 0 radical (unpaired) electrons. The molecule has 1 aromatic rings. The smallest absolute Gasteiger partial charge is 0.404 e. The minimum Gasteiger partial charge on any atom is -0.443 e. The molecule has 0 saturated carbocycles. The molecule has 1 aromatic carbocycles. The highest BCUT2D eigenvalue weighted by Crippen LogP contribution is 2.34. The number of rotatable bonds is 4. The fourth-order valence-electron chi connectivity index (χ4n) is 1.66. The van der Waals surface area contributed by atoms with Crippen molar-refractivity contribution in [3.05, 3.63) is 33.8 Å². The zero-order valence-corrected chi connectivity index (χ0v) is 11.6. The summed E-state index contributed by atoms with van der Waals surface area (Å²) in [6.45, 7) is 3.59. The van der Waals surface area contributed by atoms with Crippen molar-refractivity contribution in [2.24, 2.45) is 11.7 Å². The van der Waals surface area contributed by atoms with Crippen LogP contribution in [-0.4, -0.2) is 17.3 Å². The summed E-state index contributed by atoms with van der Waals surface area (Å²) in [5, 5.41) is 10.9. The van der Waals surface area contributed by atoms with Crippen molar-refractivity contribution in [3.63, 3.8) is 0 Å². The largest absolute Gasteiger partial charge is 0.443 e. The second kappa shape index (κ2) is 6.27. The van der Waals surface area contributed by atoms with E-state index < -0.39 is 18.3 Å². The van der Waals surface area contributed by atoms with Gasteiger partial charge in [-0.2, -0.15) is 0 Å². The van der Waals surface area contributed by atoms with Crippen molar-refractivity contribution in [1.29, 1.82) is 0 Å². The van der Waals surface area contributed by atoms with E-state index in [9.17, 15) is 9.90 Å². The van der Waals surface area contributed by atoms with Gasteiger partial charge in [-0.1, -0.05) is 43.1 Å². The Balaban J connectivity index is 3.09. The van der Waals surface area contributed by atoms with E-state index in [4.69, 9.17) is 33.7 Å². The van der Waals surface area contributed by atoms with Crippen molar-refractivity contribution >= 4 is 29.3 Å². The van der Waals surface area contributed by atoms with Crippen molar-refractivity contribution in [2.45, 2.75) is 26.1 Å². The van der Waals surface area contributed by atoms with Crippen LogP contribution < -0.4 is 5.73 Å². The van der Waals surface area contributed by atoms with Crippen LogP contribution in [0.3, 0.4) is 0 Å². The lowest BCUT2D eigenvalue weighted by atomic mass is 9.96. The highest BCUT2D eigenvalue weighted by atomic mass is 35.5. The van der Waals surface area contributed by atoms with Gasteiger partial charge in [-0.25, -0.2) is 4.79 Å². The third-order valence-electron chi connectivity index (χ3n) is 2.52. The van der Waals surface area contributed by atoms with Crippen LogP contribution in [0.15, 0.2) is 18.2 Å². The number of hydrogen-bond acceptors (Lipinski definition) is 3. The lowest BCUT2D eigenvalue weighted by molar-refractivity contribution is -0.0195. The fraction of sp³-hybridized carbons (Fsp3) is 0.417. The first-order chi connectivity index (χ1) is 8.34. The Morgan fingerprint density at radius 3 is 2.22 bits per heavy atom. The number of aliphatic hydroxyl groups is 1. The highest BCUT2D eigenvalue weighted by molar-refractivity contribution is 6.36.